The van der Waals surface area contributed by atoms with Crippen LogP contribution >= 0.6 is 0 Å². The summed E-state index contributed by atoms with van der Waals surface area (Å²) in [6.07, 6.45) is 0. The fraction of sp³-hybridized carbons (Fsp3) is 0.125. The molecule has 0 saturated carbocycles. The number of methoxy groups -OCH3 is 1. The molecule has 1 aromatic rings. The molecule has 1 rings (SSSR count). The van der Waals surface area contributed by atoms with Crippen LogP contribution < -0.4 is 9.88 Å². The number of para-hydroxylation sites is 1. The quantitative estimate of drug-likeness (QED) is 0.763. The van der Waals surface area contributed by atoms with Gasteiger partial charge in [0, 0.05) is 0 Å². The number of hydrogen-bond acceptors (Lipinski definition) is 4. The zero-order valence-electron chi connectivity index (χ0n) is 7.80. The number of carboxylic acid groups (broad SMARTS) is 1. The fourth-order valence-corrected chi connectivity index (χ4v) is 1.84. The van der Waals surface area contributed by atoms with Crippen LogP contribution in [0.2, 0.25) is 0 Å². The SMILES string of the molecule is COc1c(C(=O)O)cccc1S(N)(=O)=O. The molecule has 3 N–H and O–H groups in total. The van der Waals surface area contributed by atoms with Gasteiger partial charge in [-0.2, -0.15) is 0 Å². The highest BCUT2D eigenvalue weighted by molar-refractivity contribution is 7.89. The number of hydrogen-bond donors (Lipinski definition) is 2. The normalized spacial score (nSPS) is 11.1. The van der Waals surface area contributed by atoms with Crippen LogP contribution in [-0.4, -0.2) is 26.6 Å². The highest BCUT2D eigenvalue weighted by atomic mass is 32.2. The molecule has 82 valence electrons. The van der Waals surface area contributed by atoms with Gasteiger partial charge < -0.3 is 9.84 Å². The Morgan fingerprint density at radius 1 is 1.47 bits per heavy atom. The van der Waals surface area contributed by atoms with E-state index in [0.29, 0.717) is 0 Å². The van der Waals surface area contributed by atoms with E-state index in [0.717, 1.165) is 0 Å². The summed E-state index contributed by atoms with van der Waals surface area (Å²) in [6.45, 7) is 0. The Kier molecular flexibility index (Phi) is 2.96. The average Bonchev–Trinajstić information content (AvgIpc) is 2.15. The van der Waals surface area contributed by atoms with Crippen molar-refractivity contribution < 1.29 is 23.1 Å². The molecular weight excluding hydrogens is 222 g/mol. The van der Waals surface area contributed by atoms with Gasteiger partial charge in [-0.05, 0) is 12.1 Å². The largest absolute Gasteiger partial charge is 0.494 e. The minimum Gasteiger partial charge on any atom is -0.494 e. The molecule has 0 aliphatic heterocycles. The molecule has 0 heterocycles. The van der Waals surface area contributed by atoms with Gasteiger partial charge >= 0.3 is 5.97 Å². The first-order chi connectivity index (χ1) is 6.88. The molecule has 0 amide bonds. The third kappa shape index (κ3) is 2.25. The van der Waals surface area contributed by atoms with Crippen molar-refractivity contribution in [2.75, 3.05) is 7.11 Å². The van der Waals surface area contributed by atoms with Gasteiger partial charge in [0.2, 0.25) is 10.0 Å². The summed E-state index contributed by atoms with van der Waals surface area (Å²) in [6, 6.07) is 3.70. The third-order valence-corrected chi connectivity index (χ3v) is 2.65. The van der Waals surface area contributed by atoms with Crippen LogP contribution in [-0.2, 0) is 10.0 Å². The number of sulfonamides is 1. The lowest BCUT2D eigenvalue weighted by Gasteiger charge is -2.08. The van der Waals surface area contributed by atoms with E-state index in [1.54, 1.807) is 0 Å². The van der Waals surface area contributed by atoms with Crippen molar-refractivity contribution in [3.63, 3.8) is 0 Å². The van der Waals surface area contributed by atoms with Crippen LogP contribution in [0.4, 0.5) is 0 Å². The van der Waals surface area contributed by atoms with Crippen LogP contribution in [0.1, 0.15) is 10.4 Å². The zero-order chi connectivity index (χ0) is 11.6. The molecule has 6 nitrogen and oxygen atoms in total. The van der Waals surface area contributed by atoms with Crippen molar-refractivity contribution in [1.82, 2.24) is 0 Å². The molecule has 0 spiro atoms. The van der Waals surface area contributed by atoms with Crippen molar-refractivity contribution in [3.8, 4) is 5.75 Å². The molecule has 7 heteroatoms. The minimum atomic E-state index is -3.99. The van der Waals surface area contributed by atoms with Crippen molar-refractivity contribution >= 4 is 16.0 Å². The number of rotatable bonds is 3. The van der Waals surface area contributed by atoms with E-state index in [-0.39, 0.29) is 16.2 Å². The smallest absolute Gasteiger partial charge is 0.339 e. The standard InChI is InChI=1S/C8H9NO5S/c1-14-7-5(8(10)11)3-2-4-6(7)15(9,12)13/h2-4H,1H3,(H,10,11)(H2,9,12,13). The van der Waals surface area contributed by atoms with E-state index in [2.05, 4.69) is 0 Å². The number of aromatic carboxylic acids is 1. The Balaban J connectivity index is 3.56. The highest BCUT2D eigenvalue weighted by Gasteiger charge is 2.20. The Bertz CT molecular complexity index is 494. The summed E-state index contributed by atoms with van der Waals surface area (Å²) in [7, 11) is -2.81. The molecule has 0 atom stereocenters. The van der Waals surface area contributed by atoms with Gasteiger partial charge in [0.1, 0.15) is 10.5 Å². The van der Waals surface area contributed by atoms with Crippen LogP contribution in [0.15, 0.2) is 23.1 Å². The first-order valence-electron chi connectivity index (χ1n) is 3.81. The molecule has 0 saturated heterocycles. The molecular formula is C8H9NO5S. The lowest BCUT2D eigenvalue weighted by atomic mass is 10.2. The predicted octanol–water partition coefficient (Wildman–Crippen LogP) is 0.0408. The second-order valence-corrected chi connectivity index (χ2v) is 4.22. The van der Waals surface area contributed by atoms with E-state index in [4.69, 9.17) is 15.0 Å². The molecule has 15 heavy (non-hydrogen) atoms. The topological polar surface area (TPSA) is 107 Å². The summed E-state index contributed by atoms with van der Waals surface area (Å²) in [5.74, 6) is -1.54. The first kappa shape index (κ1) is 11.5. The van der Waals surface area contributed by atoms with E-state index in [1.165, 1.54) is 25.3 Å². The van der Waals surface area contributed by atoms with Gasteiger partial charge in [0.05, 0.1) is 7.11 Å². The lowest BCUT2D eigenvalue weighted by molar-refractivity contribution is 0.0693. The number of primary sulfonamides is 1. The zero-order valence-corrected chi connectivity index (χ0v) is 8.61. The molecule has 0 unspecified atom stereocenters. The van der Waals surface area contributed by atoms with Gasteiger partial charge in [0.25, 0.3) is 0 Å². The Hall–Kier alpha value is -1.60. The van der Waals surface area contributed by atoms with Crippen molar-refractivity contribution in [3.05, 3.63) is 23.8 Å². The van der Waals surface area contributed by atoms with Crippen LogP contribution in [0.5, 0.6) is 5.75 Å². The predicted molar refractivity (Wildman–Crippen MR) is 51.3 cm³/mol. The summed E-state index contributed by atoms with van der Waals surface area (Å²) >= 11 is 0. The van der Waals surface area contributed by atoms with Gasteiger partial charge in [-0.3, -0.25) is 0 Å². The molecule has 0 aliphatic carbocycles. The van der Waals surface area contributed by atoms with E-state index < -0.39 is 16.0 Å². The van der Waals surface area contributed by atoms with Crippen LogP contribution in [0, 0.1) is 0 Å². The van der Waals surface area contributed by atoms with Crippen LogP contribution in [0.3, 0.4) is 0 Å². The lowest BCUT2D eigenvalue weighted by Crippen LogP contribution is -2.15. The monoisotopic (exact) mass is 231 g/mol. The Labute approximate surface area is 86.3 Å². The number of nitrogens with two attached hydrogens (primary N) is 1. The Morgan fingerprint density at radius 2 is 2.07 bits per heavy atom. The molecule has 0 aromatic heterocycles. The van der Waals surface area contributed by atoms with Crippen molar-refractivity contribution in [1.29, 1.82) is 0 Å². The highest BCUT2D eigenvalue weighted by Crippen LogP contribution is 2.26. The molecule has 0 radical (unpaired) electrons. The summed E-state index contributed by atoms with van der Waals surface area (Å²) in [4.78, 5) is 10.4. The second-order valence-electron chi connectivity index (χ2n) is 2.69. The maximum absolute atomic E-state index is 11.1. The number of carbonyl (C=O) groups is 1. The first-order valence-corrected chi connectivity index (χ1v) is 5.35. The van der Waals surface area contributed by atoms with Gasteiger partial charge in [-0.15, -0.1) is 0 Å². The van der Waals surface area contributed by atoms with Gasteiger partial charge in [-0.1, -0.05) is 6.07 Å². The van der Waals surface area contributed by atoms with Gasteiger partial charge in [-0.25, -0.2) is 18.4 Å². The molecule has 1 aromatic carbocycles. The Morgan fingerprint density at radius 3 is 2.47 bits per heavy atom. The summed E-state index contributed by atoms with van der Waals surface area (Å²) in [5, 5.41) is 13.7. The molecule has 0 bridgehead atoms. The molecule has 0 fully saturated rings. The van der Waals surface area contributed by atoms with Crippen LogP contribution in [0.25, 0.3) is 0 Å². The van der Waals surface area contributed by atoms with E-state index in [9.17, 15) is 13.2 Å². The number of carboxylic acids is 1. The fourth-order valence-electron chi connectivity index (χ4n) is 1.12. The molecule has 0 aliphatic rings. The summed E-state index contributed by atoms with van der Waals surface area (Å²) in [5.41, 5.74) is -0.246. The summed E-state index contributed by atoms with van der Waals surface area (Å²) < 4.78 is 26.9. The second kappa shape index (κ2) is 3.87. The third-order valence-electron chi connectivity index (χ3n) is 1.72. The van der Waals surface area contributed by atoms with E-state index >= 15 is 0 Å². The van der Waals surface area contributed by atoms with E-state index in [1.807, 2.05) is 0 Å². The maximum Gasteiger partial charge on any atom is 0.339 e. The van der Waals surface area contributed by atoms with Gasteiger partial charge in [0.15, 0.2) is 5.75 Å². The number of ether oxygens (including phenoxy) is 1. The minimum absolute atomic E-state index is 0.246. The van der Waals surface area contributed by atoms with Crippen molar-refractivity contribution in [2.24, 2.45) is 5.14 Å². The van der Waals surface area contributed by atoms with Crippen molar-refractivity contribution in [2.45, 2.75) is 4.90 Å². The maximum atomic E-state index is 11.1. The average molecular weight is 231 g/mol. The number of benzene rings is 1.